The molecule has 1 saturated heterocycles. The summed E-state index contributed by atoms with van der Waals surface area (Å²) in [6.45, 7) is 2.87. The summed E-state index contributed by atoms with van der Waals surface area (Å²) in [4.78, 5) is 16.7. The van der Waals surface area contributed by atoms with Crippen molar-refractivity contribution in [2.45, 2.75) is 25.7 Å². The van der Waals surface area contributed by atoms with Crippen LogP contribution in [0.25, 0.3) is 0 Å². The minimum absolute atomic E-state index is 0.00202. The summed E-state index contributed by atoms with van der Waals surface area (Å²) in [6, 6.07) is 3.51. The van der Waals surface area contributed by atoms with Gasteiger partial charge in [-0.3, -0.25) is 10.1 Å². The molecule has 0 radical (unpaired) electrons. The molecule has 1 atom stereocenters. The van der Waals surface area contributed by atoms with E-state index in [1.165, 1.54) is 12.1 Å². The van der Waals surface area contributed by atoms with Gasteiger partial charge < -0.3 is 9.42 Å². The number of halogens is 1. The molecule has 1 aliphatic heterocycles. The van der Waals surface area contributed by atoms with Crippen LogP contribution < -0.4 is 4.90 Å². The van der Waals surface area contributed by atoms with Crippen LogP contribution in [0, 0.1) is 22.9 Å². The third kappa shape index (κ3) is 2.76. The van der Waals surface area contributed by atoms with E-state index >= 15 is 0 Å². The number of aromatic nitrogens is 2. The van der Waals surface area contributed by atoms with Crippen molar-refractivity contribution in [3.05, 3.63) is 45.8 Å². The van der Waals surface area contributed by atoms with Crippen LogP contribution in [0.1, 0.15) is 30.5 Å². The minimum Gasteiger partial charge on any atom is -0.365 e. The largest absolute Gasteiger partial charge is 0.365 e. The number of aryl methyl sites for hydroxylation is 1. The fourth-order valence-electron chi connectivity index (χ4n) is 2.78. The van der Waals surface area contributed by atoms with E-state index in [4.69, 9.17) is 4.52 Å². The summed E-state index contributed by atoms with van der Waals surface area (Å²) >= 11 is 0. The molecule has 7 nitrogen and oxygen atoms in total. The molecule has 0 amide bonds. The zero-order chi connectivity index (χ0) is 15.7. The molecule has 0 aliphatic carbocycles. The topological polar surface area (TPSA) is 85.3 Å². The first kappa shape index (κ1) is 14.4. The van der Waals surface area contributed by atoms with Crippen molar-refractivity contribution in [2.24, 2.45) is 0 Å². The van der Waals surface area contributed by atoms with Gasteiger partial charge in [-0.2, -0.15) is 4.98 Å². The van der Waals surface area contributed by atoms with Crippen LogP contribution in [0.4, 0.5) is 15.8 Å². The molecule has 0 spiro atoms. The summed E-state index contributed by atoms with van der Waals surface area (Å²) in [5.74, 6) is 0.597. The van der Waals surface area contributed by atoms with Crippen LogP contribution >= 0.6 is 0 Å². The van der Waals surface area contributed by atoms with E-state index in [-0.39, 0.29) is 11.6 Å². The van der Waals surface area contributed by atoms with Crippen molar-refractivity contribution in [3.63, 3.8) is 0 Å². The lowest BCUT2D eigenvalue weighted by atomic mass is 9.97. The number of nitro groups is 1. The van der Waals surface area contributed by atoms with Gasteiger partial charge >= 0.3 is 0 Å². The van der Waals surface area contributed by atoms with Crippen LogP contribution in [0.15, 0.2) is 22.7 Å². The second-order valence-electron chi connectivity index (χ2n) is 5.36. The van der Waals surface area contributed by atoms with Gasteiger partial charge in [0.05, 0.1) is 10.8 Å². The molecule has 2 heterocycles. The summed E-state index contributed by atoms with van der Waals surface area (Å²) in [6.07, 6.45) is 1.68. The number of benzene rings is 1. The fraction of sp³-hybridized carbons (Fsp3) is 0.429. The Morgan fingerprint density at radius 2 is 2.32 bits per heavy atom. The third-order valence-corrected chi connectivity index (χ3v) is 3.79. The van der Waals surface area contributed by atoms with Gasteiger partial charge in [0.15, 0.2) is 5.82 Å². The molecule has 8 heteroatoms. The monoisotopic (exact) mass is 306 g/mol. The van der Waals surface area contributed by atoms with Crippen molar-refractivity contribution in [1.82, 2.24) is 10.1 Å². The highest BCUT2D eigenvalue weighted by molar-refractivity contribution is 5.63. The Bertz CT molecular complexity index is 703. The second-order valence-corrected chi connectivity index (χ2v) is 5.36. The van der Waals surface area contributed by atoms with E-state index in [2.05, 4.69) is 10.1 Å². The Labute approximate surface area is 125 Å². The fourth-order valence-corrected chi connectivity index (χ4v) is 2.78. The quantitative estimate of drug-likeness (QED) is 0.640. The zero-order valence-electron chi connectivity index (χ0n) is 12.0. The van der Waals surface area contributed by atoms with Gasteiger partial charge in [0.2, 0.25) is 5.89 Å². The van der Waals surface area contributed by atoms with Gasteiger partial charge in [0.25, 0.3) is 5.69 Å². The predicted molar refractivity (Wildman–Crippen MR) is 76.3 cm³/mol. The van der Waals surface area contributed by atoms with Gasteiger partial charge in [-0.05, 0) is 25.8 Å². The number of nitrogens with zero attached hydrogens (tertiary/aromatic N) is 4. The molecule has 0 bridgehead atoms. The van der Waals surface area contributed by atoms with E-state index in [1.54, 1.807) is 6.92 Å². The van der Waals surface area contributed by atoms with Gasteiger partial charge in [0, 0.05) is 25.2 Å². The minimum atomic E-state index is -0.491. The van der Waals surface area contributed by atoms with Crippen LogP contribution in [0.2, 0.25) is 0 Å². The molecule has 1 aliphatic rings. The number of rotatable bonds is 3. The maximum absolute atomic E-state index is 13.5. The van der Waals surface area contributed by atoms with Crippen molar-refractivity contribution >= 4 is 11.4 Å². The van der Waals surface area contributed by atoms with Gasteiger partial charge in [0.1, 0.15) is 11.5 Å². The normalized spacial score (nSPS) is 18.5. The average Bonchev–Trinajstić information content (AvgIpc) is 2.93. The van der Waals surface area contributed by atoms with E-state index < -0.39 is 10.7 Å². The number of hydrogen-bond donors (Lipinski definition) is 0. The lowest BCUT2D eigenvalue weighted by Gasteiger charge is -2.32. The van der Waals surface area contributed by atoms with E-state index in [1.807, 2.05) is 4.90 Å². The highest BCUT2D eigenvalue weighted by Crippen LogP contribution is 2.34. The number of anilines is 1. The molecule has 2 aromatic rings. The molecule has 1 fully saturated rings. The third-order valence-electron chi connectivity index (χ3n) is 3.79. The van der Waals surface area contributed by atoms with E-state index in [0.29, 0.717) is 30.5 Å². The second kappa shape index (κ2) is 5.70. The molecular formula is C14H15FN4O3. The maximum atomic E-state index is 13.5. The molecular weight excluding hydrogens is 291 g/mol. The molecule has 1 aromatic carbocycles. The maximum Gasteiger partial charge on any atom is 0.292 e. The smallest absolute Gasteiger partial charge is 0.292 e. The average molecular weight is 306 g/mol. The lowest BCUT2D eigenvalue weighted by molar-refractivity contribution is -0.384. The Hall–Kier alpha value is -2.51. The summed E-state index contributed by atoms with van der Waals surface area (Å²) in [5, 5.41) is 14.9. The molecule has 116 valence electrons. The number of piperidine rings is 1. The SMILES string of the molecule is Cc1noc(C2CCCN(c3cc(F)ccc3[N+](=O)[O-])C2)n1. The highest BCUT2D eigenvalue weighted by Gasteiger charge is 2.29. The summed E-state index contributed by atoms with van der Waals surface area (Å²) in [5.41, 5.74) is 0.203. The van der Waals surface area contributed by atoms with Crippen LogP contribution in [-0.4, -0.2) is 28.2 Å². The molecule has 1 aromatic heterocycles. The van der Waals surface area contributed by atoms with Gasteiger partial charge in [-0.1, -0.05) is 5.16 Å². The van der Waals surface area contributed by atoms with Gasteiger partial charge in [-0.25, -0.2) is 4.39 Å². The van der Waals surface area contributed by atoms with Crippen molar-refractivity contribution in [2.75, 3.05) is 18.0 Å². The molecule has 1 unspecified atom stereocenters. The zero-order valence-corrected chi connectivity index (χ0v) is 12.0. The van der Waals surface area contributed by atoms with Crippen molar-refractivity contribution in [3.8, 4) is 0 Å². The Morgan fingerprint density at radius 3 is 3.00 bits per heavy atom. The summed E-state index contributed by atoms with van der Waals surface area (Å²) in [7, 11) is 0. The van der Waals surface area contributed by atoms with E-state index in [0.717, 1.165) is 18.9 Å². The van der Waals surface area contributed by atoms with Crippen LogP contribution in [0.5, 0.6) is 0 Å². The molecule has 0 N–H and O–H groups in total. The Balaban J connectivity index is 1.89. The standard InChI is InChI=1S/C14H15FN4O3/c1-9-16-14(22-17-9)10-3-2-6-18(8-10)13-7-11(15)4-5-12(13)19(20)21/h4-5,7,10H,2-3,6,8H2,1H3. The number of nitro benzene ring substituents is 1. The first-order valence-electron chi connectivity index (χ1n) is 7.03. The van der Waals surface area contributed by atoms with Crippen molar-refractivity contribution in [1.29, 1.82) is 0 Å². The summed E-state index contributed by atoms with van der Waals surface area (Å²) < 4.78 is 18.7. The van der Waals surface area contributed by atoms with Gasteiger partial charge in [-0.15, -0.1) is 0 Å². The highest BCUT2D eigenvalue weighted by atomic mass is 19.1. The van der Waals surface area contributed by atoms with Crippen LogP contribution in [-0.2, 0) is 0 Å². The molecule has 0 saturated carbocycles. The first-order chi connectivity index (χ1) is 10.5. The van der Waals surface area contributed by atoms with Crippen molar-refractivity contribution < 1.29 is 13.8 Å². The lowest BCUT2D eigenvalue weighted by Crippen LogP contribution is -2.35. The Morgan fingerprint density at radius 1 is 1.50 bits per heavy atom. The Kier molecular flexibility index (Phi) is 3.74. The molecule has 22 heavy (non-hydrogen) atoms. The number of hydrogen-bond acceptors (Lipinski definition) is 6. The predicted octanol–water partition coefficient (Wildman–Crippen LogP) is 2.81. The molecule has 3 rings (SSSR count). The first-order valence-corrected chi connectivity index (χ1v) is 7.03. The van der Waals surface area contributed by atoms with E-state index in [9.17, 15) is 14.5 Å². The van der Waals surface area contributed by atoms with Crippen LogP contribution in [0.3, 0.4) is 0 Å².